The van der Waals surface area contributed by atoms with E-state index in [1.54, 1.807) is 31.2 Å². The van der Waals surface area contributed by atoms with Crippen LogP contribution < -0.4 is 16.2 Å². The monoisotopic (exact) mass is 380 g/mol. The Balaban J connectivity index is 1.75. The molecule has 0 saturated heterocycles. The molecule has 0 aliphatic heterocycles. The molecule has 0 radical (unpaired) electrons. The number of halogens is 1. The molecule has 28 heavy (non-hydrogen) atoms. The highest BCUT2D eigenvalue weighted by Gasteiger charge is 2.12. The van der Waals surface area contributed by atoms with Gasteiger partial charge >= 0.3 is 0 Å². The molecule has 0 spiro atoms. The second-order valence-corrected chi connectivity index (χ2v) is 5.87. The molecule has 3 aromatic rings. The van der Waals surface area contributed by atoms with Gasteiger partial charge in [0.1, 0.15) is 11.5 Å². The lowest BCUT2D eigenvalue weighted by Crippen LogP contribution is -2.25. The van der Waals surface area contributed by atoms with Crippen LogP contribution in [0.25, 0.3) is 0 Å². The Bertz CT molecular complexity index is 1090. The quantitative estimate of drug-likeness (QED) is 0.712. The molecule has 1 aromatic heterocycles. The molecule has 2 amide bonds. The van der Waals surface area contributed by atoms with Gasteiger partial charge in [-0.25, -0.2) is 9.07 Å². The van der Waals surface area contributed by atoms with E-state index in [-0.39, 0.29) is 16.8 Å². The number of nitrogens with zero attached hydrogens (tertiary/aromatic N) is 2. The highest BCUT2D eigenvalue weighted by molar-refractivity contribution is 6.06. The Morgan fingerprint density at radius 1 is 0.964 bits per heavy atom. The van der Waals surface area contributed by atoms with Gasteiger partial charge in [0, 0.05) is 29.5 Å². The lowest BCUT2D eigenvalue weighted by atomic mass is 10.1. The van der Waals surface area contributed by atoms with E-state index in [9.17, 15) is 18.8 Å². The van der Waals surface area contributed by atoms with E-state index in [0.717, 1.165) is 0 Å². The molecular weight excluding hydrogens is 363 g/mol. The van der Waals surface area contributed by atoms with Gasteiger partial charge in [-0.05, 0) is 49.4 Å². The van der Waals surface area contributed by atoms with Crippen molar-refractivity contribution < 1.29 is 14.0 Å². The maximum atomic E-state index is 13.2. The van der Waals surface area contributed by atoms with Gasteiger partial charge < -0.3 is 10.6 Å². The molecule has 2 aromatic carbocycles. The van der Waals surface area contributed by atoms with Crippen LogP contribution in [0.2, 0.25) is 0 Å². The average molecular weight is 380 g/mol. The topological polar surface area (TPSA) is 93.1 Å². The Labute approximate surface area is 159 Å². The van der Waals surface area contributed by atoms with Gasteiger partial charge in [0.2, 0.25) is 0 Å². The number of carbonyl (C=O) groups excluding carboxylic acids is 2. The average Bonchev–Trinajstić information content (AvgIpc) is 2.68. The minimum Gasteiger partial charge on any atom is -0.322 e. The van der Waals surface area contributed by atoms with Gasteiger partial charge in [-0.1, -0.05) is 12.1 Å². The third-order valence-corrected chi connectivity index (χ3v) is 3.86. The molecule has 0 atom stereocenters. The summed E-state index contributed by atoms with van der Waals surface area (Å²) in [6, 6.07) is 14.4. The van der Waals surface area contributed by atoms with E-state index in [1.807, 2.05) is 0 Å². The van der Waals surface area contributed by atoms with E-state index in [2.05, 4.69) is 15.7 Å². The van der Waals surface area contributed by atoms with Crippen LogP contribution in [0, 0.1) is 5.82 Å². The Morgan fingerprint density at radius 2 is 1.64 bits per heavy atom. The summed E-state index contributed by atoms with van der Waals surface area (Å²) < 4.78 is 14.4. The number of amides is 2. The van der Waals surface area contributed by atoms with Crippen molar-refractivity contribution in [2.75, 3.05) is 10.6 Å². The first-order valence-corrected chi connectivity index (χ1v) is 8.53. The zero-order chi connectivity index (χ0) is 20.1. The number of hydrogen-bond donors (Lipinski definition) is 2. The molecule has 2 N–H and O–H groups in total. The predicted molar refractivity (Wildman–Crippen MR) is 103 cm³/mol. The van der Waals surface area contributed by atoms with Crippen molar-refractivity contribution in [2.45, 2.75) is 13.5 Å². The third kappa shape index (κ3) is 4.47. The lowest BCUT2D eigenvalue weighted by molar-refractivity contribution is 0.101. The van der Waals surface area contributed by atoms with Crippen molar-refractivity contribution in [2.24, 2.45) is 0 Å². The van der Waals surface area contributed by atoms with Crippen LogP contribution in [-0.2, 0) is 6.54 Å². The summed E-state index contributed by atoms with van der Waals surface area (Å²) in [6.45, 7) is 2.09. The normalized spacial score (nSPS) is 10.4. The zero-order valence-electron chi connectivity index (χ0n) is 15.0. The van der Waals surface area contributed by atoms with Gasteiger partial charge in [0.25, 0.3) is 17.4 Å². The maximum absolute atomic E-state index is 13.2. The lowest BCUT2D eigenvalue weighted by Gasteiger charge is -2.09. The standard InChI is InChI=1S/C20H17FN4O3/c1-2-25-18(26)10-9-17(24-25)20(28)23-15-7-3-5-13(11-15)19(27)22-16-8-4-6-14(21)12-16/h3-12H,2H2,1H3,(H,22,27)(H,23,28). The van der Waals surface area contributed by atoms with Crippen molar-refractivity contribution in [3.63, 3.8) is 0 Å². The fraction of sp³-hybridized carbons (Fsp3) is 0.100. The largest absolute Gasteiger partial charge is 0.322 e. The first-order valence-electron chi connectivity index (χ1n) is 8.53. The smallest absolute Gasteiger partial charge is 0.276 e. The molecule has 0 saturated carbocycles. The summed E-state index contributed by atoms with van der Waals surface area (Å²) in [5.41, 5.74) is 0.776. The number of aryl methyl sites for hydroxylation is 1. The van der Waals surface area contributed by atoms with E-state index in [4.69, 9.17) is 0 Å². The van der Waals surface area contributed by atoms with Gasteiger partial charge in [-0.3, -0.25) is 14.4 Å². The molecular formula is C20H17FN4O3. The fourth-order valence-electron chi connectivity index (χ4n) is 2.50. The Morgan fingerprint density at radius 3 is 2.36 bits per heavy atom. The van der Waals surface area contributed by atoms with Crippen LogP contribution in [0.4, 0.5) is 15.8 Å². The van der Waals surface area contributed by atoms with Crippen LogP contribution in [0.3, 0.4) is 0 Å². The fourth-order valence-corrected chi connectivity index (χ4v) is 2.50. The van der Waals surface area contributed by atoms with Gasteiger partial charge in [0.05, 0.1) is 0 Å². The first-order chi connectivity index (χ1) is 13.5. The Hall–Kier alpha value is -3.81. The predicted octanol–water partition coefficient (Wildman–Crippen LogP) is 2.91. The van der Waals surface area contributed by atoms with E-state index in [0.29, 0.717) is 17.9 Å². The molecule has 0 bridgehead atoms. The number of nitrogens with one attached hydrogen (secondary N) is 2. The van der Waals surface area contributed by atoms with Crippen molar-refractivity contribution in [1.29, 1.82) is 0 Å². The molecule has 1 heterocycles. The number of rotatable bonds is 5. The molecule has 142 valence electrons. The number of anilines is 2. The second kappa shape index (κ2) is 8.26. The number of benzene rings is 2. The van der Waals surface area contributed by atoms with Crippen LogP contribution in [0.1, 0.15) is 27.8 Å². The van der Waals surface area contributed by atoms with Crippen molar-refractivity contribution >= 4 is 23.2 Å². The SMILES string of the molecule is CCn1nc(C(=O)Nc2cccc(C(=O)Nc3cccc(F)c3)c2)ccc1=O. The summed E-state index contributed by atoms with van der Waals surface area (Å²) in [6.07, 6.45) is 0. The van der Waals surface area contributed by atoms with E-state index in [1.165, 1.54) is 41.1 Å². The van der Waals surface area contributed by atoms with Crippen LogP contribution in [-0.4, -0.2) is 21.6 Å². The molecule has 3 rings (SSSR count). The molecule has 8 heteroatoms. The summed E-state index contributed by atoms with van der Waals surface area (Å²) in [5, 5.41) is 9.22. The summed E-state index contributed by atoms with van der Waals surface area (Å²) in [4.78, 5) is 36.3. The summed E-state index contributed by atoms with van der Waals surface area (Å²) >= 11 is 0. The molecule has 0 aliphatic carbocycles. The third-order valence-electron chi connectivity index (χ3n) is 3.86. The van der Waals surface area contributed by atoms with Gasteiger partial charge in [-0.2, -0.15) is 5.10 Å². The molecule has 0 aliphatic rings. The van der Waals surface area contributed by atoms with Crippen LogP contribution >= 0.6 is 0 Å². The molecule has 7 nitrogen and oxygen atoms in total. The minimum atomic E-state index is -0.509. The molecule has 0 fully saturated rings. The van der Waals surface area contributed by atoms with Gasteiger partial charge in [0.15, 0.2) is 0 Å². The van der Waals surface area contributed by atoms with E-state index >= 15 is 0 Å². The maximum Gasteiger partial charge on any atom is 0.276 e. The summed E-state index contributed by atoms with van der Waals surface area (Å²) in [7, 11) is 0. The highest BCUT2D eigenvalue weighted by Crippen LogP contribution is 2.15. The van der Waals surface area contributed by atoms with Crippen LogP contribution in [0.5, 0.6) is 0 Å². The highest BCUT2D eigenvalue weighted by atomic mass is 19.1. The second-order valence-electron chi connectivity index (χ2n) is 5.87. The zero-order valence-corrected chi connectivity index (χ0v) is 15.0. The summed E-state index contributed by atoms with van der Waals surface area (Å²) in [5.74, 6) is -1.41. The van der Waals surface area contributed by atoms with E-state index < -0.39 is 17.6 Å². The Kier molecular flexibility index (Phi) is 5.59. The number of aromatic nitrogens is 2. The first kappa shape index (κ1) is 19.0. The minimum absolute atomic E-state index is 0.0797. The van der Waals surface area contributed by atoms with Crippen molar-refractivity contribution in [3.8, 4) is 0 Å². The van der Waals surface area contributed by atoms with Crippen LogP contribution in [0.15, 0.2) is 65.5 Å². The van der Waals surface area contributed by atoms with Crippen molar-refractivity contribution in [3.05, 3.63) is 88.1 Å². The van der Waals surface area contributed by atoms with Crippen molar-refractivity contribution in [1.82, 2.24) is 9.78 Å². The van der Waals surface area contributed by atoms with Gasteiger partial charge in [-0.15, -0.1) is 0 Å². The number of carbonyl (C=O) groups is 2. The number of hydrogen-bond acceptors (Lipinski definition) is 4. The molecule has 0 unspecified atom stereocenters.